The Balaban J connectivity index is 2.11. The molecule has 30 heavy (non-hydrogen) atoms. The Morgan fingerprint density at radius 1 is 0.633 bits per heavy atom. The van der Waals surface area contributed by atoms with Crippen LogP contribution in [0.3, 0.4) is 0 Å². The molecule has 0 aromatic heterocycles. The van der Waals surface area contributed by atoms with Crippen molar-refractivity contribution in [1.82, 2.24) is 0 Å². The molecule has 1 N–H and O–H groups in total. The summed E-state index contributed by atoms with van der Waals surface area (Å²) in [7, 11) is 0. The third kappa shape index (κ3) is 3.65. The first-order chi connectivity index (χ1) is 14.4. The molecule has 0 spiro atoms. The predicted molar refractivity (Wildman–Crippen MR) is 141 cm³/mol. The Labute approximate surface area is 200 Å². The molecule has 5 heteroatoms. The van der Waals surface area contributed by atoms with E-state index in [9.17, 15) is 5.11 Å². The van der Waals surface area contributed by atoms with Crippen molar-refractivity contribution >= 4 is 65.4 Å². The van der Waals surface area contributed by atoms with Gasteiger partial charge < -0.3 is 0 Å². The zero-order valence-electron chi connectivity index (χ0n) is 16.1. The van der Waals surface area contributed by atoms with E-state index < -0.39 is 4.25 Å². The fourth-order valence-electron chi connectivity index (χ4n) is 3.96. The molecule has 0 saturated carbocycles. The Morgan fingerprint density at radius 2 is 1.00 bits per heavy atom. The zero-order valence-corrected chi connectivity index (χ0v) is 20.6. The molecule has 0 heterocycles. The molecular weight excluding hydrogens is 545 g/mol. The van der Waals surface area contributed by atoms with Crippen molar-refractivity contribution in [3.05, 3.63) is 119 Å². The Morgan fingerprint density at radius 3 is 1.40 bits per heavy atom. The topological polar surface area (TPSA) is 20.2 Å². The molecule has 4 aromatic rings. The van der Waals surface area contributed by atoms with Gasteiger partial charge in [-0.2, -0.15) is 0 Å². The first-order valence-electron chi connectivity index (χ1n) is 9.50. The van der Waals surface area contributed by atoms with Crippen LogP contribution in [0, 0.1) is 0 Å². The summed E-state index contributed by atoms with van der Waals surface area (Å²) < 4.78 is -3.05. The number of hydrogen-bond acceptors (Lipinski definition) is 1. The molecular formula is C25H20Cl2IOP. The van der Waals surface area contributed by atoms with Crippen LogP contribution >= 0.6 is 49.5 Å². The number of phenols is 1. The normalized spacial score (nSPS) is 12.8. The van der Waals surface area contributed by atoms with E-state index in [4.69, 9.17) is 23.2 Å². The van der Waals surface area contributed by atoms with Gasteiger partial charge in [0.2, 0.25) is 0 Å². The van der Waals surface area contributed by atoms with E-state index in [1.165, 1.54) is 22.0 Å². The minimum absolute atomic E-state index is 0.165. The zero-order chi connectivity index (χ0) is 21.2. The number of rotatable bonds is 5. The van der Waals surface area contributed by atoms with Crippen molar-refractivity contribution in [2.24, 2.45) is 0 Å². The average Bonchev–Trinajstić information content (AvgIpc) is 2.79. The second-order valence-corrected chi connectivity index (χ2v) is 18.7. The van der Waals surface area contributed by atoms with Gasteiger partial charge in [0, 0.05) is 0 Å². The van der Waals surface area contributed by atoms with Crippen molar-refractivity contribution in [2.45, 2.75) is 6.16 Å². The third-order valence-electron chi connectivity index (χ3n) is 5.47. The number of benzene rings is 4. The van der Waals surface area contributed by atoms with Crippen LogP contribution in [0.25, 0.3) is 0 Å². The SMILES string of the molecule is Oc1cc(Cl)c(Cl)cc1CP(I)(c1ccccc1)(c1ccccc1)c1ccccc1. The summed E-state index contributed by atoms with van der Waals surface area (Å²) in [4.78, 5) is 0. The van der Waals surface area contributed by atoms with Crippen molar-refractivity contribution in [2.75, 3.05) is 0 Å². The minimum atomic E-state index is -3.05. The van der Waals surface area contributed by atoms with Crippen LogP contribution in [0.1, 0.15) is 5.56 Å². The molecule has 0 aliphatic rings. The molecule has 0 fully saturated rings. The van der Waals surface area contributed by atoms with E-state index in [2.05, 4.69) is 94.8 Å². The first kappa shape index (κ1) is 21.6. The van der Waals surface area contributed by atoms with Gasteiger partial charge in [-0.15, -0.1) is 0 Å². The molecule has 0 unspecified atom stereocenters. The predicted octanol–water partition coefficient (Wildman–Crippen LogP) is 7.08. The average molecular weight is 565 g/mol. The third-order valence-corrected chi connectivity index (χ3v) is 17.3. The summed E-state index contributed by atoms with van der Waals surface area (Å²) in [5, 5.41) is 15.3. The summed E-state index contributed by atoms with van der Waals surface area (Å²) in [6.07, 6.45) is 0.618. The van der Waals surface area contributed by atoms with Gasteiger partial charge in [0.1, 0.15) is 0 Å². The fraction of sp³-hybridized carbons (Fsp3) is 0.0400. The quantitative estimate of drug-likeness (QED) is 0.203. The molecule has 1 nitrogen and oxygen atoms in total. The Kier molecular flexibility index (Phi) is 6.14. The number of phenolic OH excluding ortho intramolecular Hbond substituents is 1. The summed E-state index contributed by atoms with van der Waals surface area (Å²) in [5.41, 5.74) is 0.785. The van der Waals surface area contributed by atoms with Gasteiger partial charge in [-0.05, 0) is 0 Å². The van der Waals surface area contributed by atoms with Crippen molar-refractivity contribution in [1.29, 1.82) is 0 Å². The molecule has 0 aliphatic carbocycles. The van der Waals surface area contributed by atoms with Gasteiger partial charge in [-0.3, -0.25) is 0 Å². The van der Waals surface area contributed by atoms with Crippen molar-refractivity contribution in [3.63, 3.8) is 0 Å². The number of halogens is 3. The van der Waals surface area contributed by atoms with Gasteiger partial charge >= 0.3 is 201 Å². The summed E-state index contributed by atoms with van der Waals surface area (Å²) in [6, 6.07) is 35.1. The maximum absolute atomic E-state index is 10.8. The molecule has 0 radical (unpaired) electrons. The van der Waals surface area contributed by atoms with E-state index in [1.807, 2.05) is 18.2 Å². The number of aromatic hydroxyl groups is 1. The van der Waals surface area contributed by atoms with E-state index in [-0.39, 0.29) is 5.75 Å². The Bertz CT molecular complexity index is 1070. The molecule has 0 aliphatic heterocycles. The molecule has 152 valence electrons. The summed E-state index contributed by atoms with van der Waals surface area (Å²) >= 11 is 15.2. The van der Waals surface area contributed by atoms with Crippen LogP contribution in [0.2, 0.25) is 10.0 Å². The molecule has 0 amide bonds. The van der Waals surface area contributed by atoms with Crippen LogP contribution in [-0.4, -0.2) is 5.11 Å². The van der Waals surface area contributed by atoms with Crippen molar-refractivity contribution < 1.29 is 5.11 Å². The summed E-state index contributed by atoms with van der Waals surface area (Å²) in [6.45, 7) is 0. The molecule has 4 aromatic carbocycles. The Hall–Kier alpha value is -1.58. The van der Waals surface area contributed by atoms with Crippen LogP contribution in [0.15, 0.2) is 103 Å². The monoisotopic (exact) mass is 564 g/mol. The van der Waals surface area contributed by atoms with E-state index in [1.54, 1.807) is 6.07 Å². The standard InChI is InChI=1S/C25H20Cl2IOP/c26-23-16-19(25(29)17-24(23)27)18-30(28,20-10-4-1-5-11-20,21-12-6-2-7-13-21)22-14-8-3-9-15-22/h1-17,29H,18H2. The molecule has 0 bridgehead atoms. The fourth-order valence-corrected chi connectivity index (χ4v) is 13.0. The van der Waals surface area contributed by atoms with Gasteiger partial charge in [0.15, 0.2) is 0 Å². The van der Waals surface area contributed by atoms with Crippen LogP contribution < -0.4 is 15.9 Å². The maximum atomic E-state index is 10.8. The second-order valence-electron chi connectivity index (χ2n) is 7.24. The molecule has 0 saturated heterocycles. The van der Waals surface area contributed by atoms with Gasteiger partial charge in [-0.25, -0.2) is 0 Å². The molecule has 4 rings (SSSR count). The number of hydrogen-bond donors (Lipinski definition) is 1. The van der Waals surface area contributed by atoms with Crippen LogP contribution in [-0.2, 0) is 6.16 Å². The van der Waals surface area contributed by atoms with Gasteiger partial charge in [0.25, 0.3) is 0 Å². The van der Waals surface area contributed by atoms with Gasteiger partial charge in [-0.1, -0.05) is 0 Å². The van der Waals surface area contributed by atoms with E-state index in [0.29, 0.717) is 16.2 Å². The van der Waals surface area contributed by atoms with E-state index in [0.717, 1.165) is 5.56 Å². The van der Waals surface area contributed by atoms with Crippen LogP contribution in [0.5, 0.6) is 5.75 Å². The van der Waals surface area contributed by atoms with Gasteiger partial charge in [0.05, 0.1) is 0 Å². The molecule has 0 atom stereocenters. The first-order valence-corrected chi connectivity index (χ1v) is 15.5. The van der Waals surface area contributed by atoms with Crippen molar-refractivity contribution in [3.8, 4) is 5.75 Å². The van der Waals surface area contributed by atoms with E-state index >= 15 is 0 Å². The summed E-state index contributed by atoms with van der Waals surface area (Å²) in [5.74, 6) is 0.165. The second kappa shape index (κ2) is 8.51. The van der Waals surface area contributed by atoms with Crippen LogP contribution in [0.4, 0.5) is 0 Å².